The van der Waals surface area contributed by atoms with Crippen LogP contribution in [0.5, 0.6) is 17.2 Å². The van der Waals surface area contributed by atoms with Crippen molar-refractivity contribution in [2.45, 2.75) is 25.9 Å². The zero-order valence-corrected chi connectivity index (χ0v) is 20.3. The number of carbonyl (C=O) groups is 2. The molecule has 1 fully saturated rings. The van der Waals surface area contributed by atoms with Gasteiger partial charge in [0.1, 0.15) is 29.0 Å². The fourth-order valence-electron chi connectivity index (χ4n) is 3.72. The number of hydrogen-bond donors (Lipinski definition) is 5. The molecule has 36 heavy (non-hydrogen) atoms. The van der Waals surface area contributed by atoms with E-state index in [9.17, 15) is 9.59 Å². The molecule has 1 aromatic heterocycles. The van der Waals surface area contributed by atoms with Gasteiger partial charge in [0.15, 0.2) is 0 Å². The van der Waals surface area contributed by atoms with Gasteiger partial charge in [0.2, 0.25) is 0 Å². The molecule has 3 amide bonds. The van der Waals surface area contributed by atoms with Crippen LogP contribution in [0.1, 0.15) is 28.9 Å². The van der Waals surface area contributed by atoms with E-state index in [1.807, 2.05) is 25.1 Å². The zero-order chi connectivity index (χ0) is 25.3. The maximum atomic E-state index is 12.6. The Morgan fingerprint density at radius 3 is 2.64 bits per heavy atom. The Balaban J connectivity index is 1.35. The van der Waals surface area contributed by atoms with Crippen LogP contribution < -0.4 is 36.3 Å². The highest BCUT2D eigenvalue weighted by atomic mass is 16.5. The van der Waals surface area contributed by atoms with Crippen molar-refractivity contribution in [3.8, 4) is 17.2 Å². The summed E-state index contributed by atoms with van der Waals surface area (Å²) in [6, 6.07) is 15.6. The summed E-state index contributed by atoms with van der Waals surface area (Å²) in [6.07, 6.45) is 3.46. The number of pyridine rings is 1. The Morgan fingerprint density at radius 2 is 1.83 bits per heavy atom. The Morgan fingerprint density at radius 1 is 1.03 bits per heavy atom. The summed E-state index contributed by atoms with van der Waals surface area (Å²) >= 11 is 0. The standard InChI is InChI=1S/C26H30N6O4/c1-17-6-7-24(36-19-8-11-28-12-9-19)22(14-17)30-26(34)32-31-18-4-3-5-20(15-18)35-21-10-13-29-23(16-21)25(33)27-2/h3-7,10,13-16,19,28,31H,8-9,11-12H2,1-2H3,(H,27,33)(H2,30,32,34). The number of ether oxygens (including phenoxy) is 2. The first-order valence-electron chi connectivity index (χ1n) is 11.8. The van der Waals surface area contributed by atoms with Gasteiger partial charge in [-0.25, -0.2) is 4.79 Å². The first kappa shape index (κ1) is 24.8. The number of hydrazine groups is 1. The van der Waals surface area contributed by atoms with Crippen LogP contribution in [-0.2, 0) is 0 Å². The van der Waals surface area contributed by atoms with E-state index in [4.69, 9.17) is 9.47 Å². The lowest BCUT2D eigenvalue weighted by Crippen LogP contribution is -2.35. The first-order valence-corrected chi connectivity index (χ1v) is 11.8. The highest BCUT2D eigenvalue weighted by Gasteiger charge is 2.17. The molecule has 4 rings (SSSR count). The van der Waals surface area contributed by atoms with Crippen molar-refractivity contribution < 1.29 is 19.1 Å². The molecule has 0 atom stereocenters. The Bertz CT molecular complexity index is 1210. The molecule has 0 unspecified atom stereocenters. The van der Waals surface area contributed by atoms with Gasteiger partial charge in [0.25, 0.3) is 5.91 Å². The quantitative estimate of drug-likeness (QED) is 0.304. The minimum Gasteiger partial charge on any atom is -0.488 e. The van der Waals surface area contributed by atoms with Crippen LogP contribution in [0, 0.1) is 6.92 Å². The number of anilines is 2. The van der Waals surface area contributed by atoms with E-state index < -0.39 is 6.03 Å². The molecule has 1 aliphatic rings. The van der Waals surface area contributed by atoms with E-state index in [0.717, 1.165) is 31.5 Å². The zero-order valence-electron chi connectivity index (χ0n) is 20.3. The Labute approximate surface area is 209 Å². The van der Waals surface area contributed by atoms with Crippen LogP contribution in [0.15, 0.2) is 60.8 Å². The van der Waals surface area contributed by atoms with Gasteiger partial charge in [0, 0.05) is 25.4 Å². The SMILES string of the molecule is CNC(=O)c1cc(Oc2cccc(NNC(=O)Nc3cc(C)ccc3OC3CCNCC3)c2)ccn1. The summed E-state index contributed by atoms with van der Waals surface area (Å²) in [5.41, 5.74) is 7.99. The van der Waals surface area contributed by atoms with E-state index in [2.05, 4.69) is 31.8 Å². The van der Waals surface area contributed by atoms with Crippen LogP contribution in [0.2, 0.25) is 0 Å². The molecular weight excluding hydrogens is 460 g/mol. The van der Waals surface area contributed by atoms with Crippen molar-refractivity contribution in [2.75, 3.05) is 30.9 Å². The monoisotopic (exact) mass is 490 g/mol. The second-order valence-corrected chi connectivity index (χ2v) is 8.36. The minimum absolute atomic E-state index is 0.117. The molecule has 0 spiro atoms. The summed E-state index contributed by atoms with van der Waals surface area (Å²) in [6.45, 7) is 3.80. The summed E-state index contributed by atoms with van der Waals surface area (Å²) in [7, 11) is 1.54. The maximum absolute atomic E-state index is 12.6. The van der Waals surface area contributed by atoms with Gasteiger partial charge >= 0.3 is 6.03 Å². The molecule has 0 aliphatic carbocycles. The number of nitrogens with one attached hydrogen (secondary N) is 5. The molecule has 5 N–H and O–H groups in total. The molecule has 0 saturated carbocycles. The third-order valence-electron chi connectivity index (χ3n) is 5.54. The number of aryl methyl sites for hydroxylation is 1. The van der Waals surface area contributed by atoms with Crippen LogP contribution in [-0.4, -0.2) is 43.2 Å². The fraction of sp³-hybridized carbons (Fsp3) is 0.269. The molecule has 3 aromatic rings. The van der Waals surface area contributed by atoms with Gasteiger partial charge in [-0.05, 0) is 68.8 Å². The fourth-order valence-corrected chi connectivity index (χ4v) is 3.72. The molecule has 10 heteroatoms. The van der Waals surface area contributed by atoms with Crippen molar-refractivity contribution in [2.24, 2.45) is 0 Å². The lowest BCUT2D eigenvalue weighted by molar-refractivity contribution is 0.0957. The predicted molar refractivity (Wildman–Crippen MR) is 138 cm³/mol. The van der Waals surface area contributed by atoms with Crippen LogP contribution >= 0.6 is 0 Å². The van der Waals surface area contributed by atoms with Crippen molar-refractivity contribution >= 4 is 23.3 Å². The second-order valence-electron chi connectivity index (χ2n) is 8.36. The number of aromatic nitrogens is 1. The van der Waals surface area contributed by atoms with Gasteiger partial charge < -0.3 is 25.4 Å². The molecule has 1 saturated heterocycles. The largest absolute Gasteiger partial charge is 0.488 e. The van der Waals surface area contributed by atoms with E-state index >= 15 is 0 Å². The minimum atomic E-state index is -0.438. The van der Waals surface area contributed by atoms with Gasteiger partial charge in [0.05, 0.1) is 11.4 Å². The lowest BCUT2D eigenvalue weighted by atomic mass is 10.1. The summed E-state index contributed by atoms with van der Waals surface area (Å²) in [5.74, 6) is 1.33. The van der Waals surface area contributed by atoms with Crippen LogP contribution in [0.3, 0.4) is 0 Å². The average Bonchev–Trinajstić information content (AvgIpc) is 2.89. The van der Waals surface area contributed by atoms with Crippen molar-refractivity contribution in [1.82, 2.24) is 21.0 Å². The highest BCUT2D eigenvalue weighted by molar-refractivity contribution is 5.92. The maximum Gasteiger partial charge on any atom is 0.337 e. The lowest BCUT2D eigenvalue weighted by Gasteiger charge is -2.25. The molecular formula is C26H30N6O4. The van der Waals surface area contributed by atoms with Crippen molar-refractivity contribution in [1.29, 1.82) is 0 Å². The number of piperidine rings is 1. The molecule has 1 aliphatic heterocycles. The van der Waals surface area contributed by atoms with Gasteiger partial charge in [-0.2, -0.15) is 0 Å². The molecule has 188 valence electrons. The van der Waals surface area contributed by atoms with E-state index in [-0.39, 0.29) is 17.7 Å². The number of benzene rings is 2. The highest BCUT2D eigenvalue weighted by Crippen LogP contribution is 2.28. The average molecular weight is 491 g/mol. The van der Waals surface area contributed by atoms with E-state index in [1.54, 1.807) is 36.4 Å². The van der Waals surface area contributed by atoms with Crippen LogP contribution in [0.25, 0.3) is 0 Å². The Kier molecular flexibility index (Phi) is 8.20. The Hall–Kier alpha value is -4.31. The third-order valence-corrected chi connectivity index (χ3v) is 5.54. The molecule has 0 bridgehead atoms. The predicted octanol–water partition coefficient (Wildman–Crippen LogP) is 3.82. The first-order chi connectivity index (χ1) is 17.5. The van der Waals surface area contributed by atoms with Gasteiger partial charge in [-0.15, -0.1) is 0 Å². The second kappa shape index (κ2) is 11.9. The number of amides is 3. The molecule has 0 radical (unpaired) electrons. The number of nitrogens with zero attached hydrogens (tertiary/aromatic N) is 1. The van der Waals surface area contributed by atoms with Crippen LogP contribution in [0.4, 0.5) is 16.2 Å². The smallest absolute Gasteiger partial charge is 0.337 e. The third kappa shape index (κ3) is 6.86. The number of carbonyl (C=O) groups excluding carboxylic acids is 2. The molecule has 10 nitrogen and oxygen atoms in total. The summed E-state index contributed by atoms with van der Waals surface area (Å²) in [4.78, 5) is 28.4. The van der Waals surface area contributed by atoms with Crippen molar-refractivity contribution in [3.05, 3.63) is 72.1 Å². The number of urea groups is 1. The summed E-state index contributed by atoms with van der Waals surface area (Å²) < 4.78 is 12.0. The topological polar surface area (TPSA) is 126 Å². The number of rotatable bonds is 8. The number of hydrogen-bond acceptors (Lipinski definition) is 7. The molecule has 2 aromatic carbocycles. The van der Waals surface area contributed by atoms with Gasteiger partial charge in [-0.1, -0.05) is 12.1 Å². The van der Waals surface area contributed by atoms with Crippen molar-refractivity contribution in [3.63, 3.8) is 0 Å². The normalized spacial score (nSPS) is 13.4. The van der Waals surface area contributed by atoms with E-state index in [0.29, 0.717) is 28.6 Å². The van der Waals surface area contributed by atoms with E-state index in [1.165, 1.54) is 13.2 Å². The van der Waals surface area contributed by atoms with Gasteiger partial charge in [-0.3, -0.25) is 20.6 Å². The summed E-state index contributed by atoms with van der Waals surface area (Å²) in [5, 5.41) is 8.71. The molecule has 2 heterocycles.